The minimum atomic E-state index is -3.50. The van der Waals surface area contributed by atoms with Crippen LogP contribution in [0.2, 0.25) is 0 Å². The van der Waals surface area contributed by atoms with E-state index < -0.39 is 10.1 Å². The molecule has 77 valence electrons. The Labute approximate surface area is 82.7 Å². The minimum absolute atomic E-state index is 0.478. The van der Waals surface area contributed by atoms with E-state index in [-0.39, 0.29) is 0 Å². The molecule has 1 aromatic rings. The Kier molecular flexibility index (Phi) is 3.32. The highest BCUT2D eigenvalue weighted by atomic mass is 32.2. The van der Waals surface area contributed by atoms with E-state index >= 15 is 0 Å². The van der Waals surface area contributed by atoms with Gasteiger partial charge in [0, 0.05) is 12.1 Å². The van der Waals surface area contributed by atoms with Crippen LogP contribution in [-0.4, -0.2) is 21.8 Å². The van der Waals surface area contributed by atoms with E-state index in [0.29, 0.717) is 11.4 Å². The van der Waals surface area contributed by atoms with Crippen LogP contribution in [0.3, 0.4) is 0 Å². The number of rotatable bonds is 4. The molecular weight excluding hydrogens is 206 g/mol. The van der Waals surface area contributed by atoms with Crippen molar-refractivity contribution in [1.82, 2.24) is 0 Å². The fourth-order valence-electron chi connectivity index (χ4n) is 0.750. The number of ether oxygens (including phenoxy) is 1. The second-order valence-corrected chi connectivity index (χ2v) is 4.11. The fourth-order valence-corrected chi connectivity index (χ4v) is 0.997. The molecule has 0 atom stereocenters. The number of benzene rings is 1. The molecule has 0 saturated heterocycles. The summed E-state index contributed by atoms with van der Waals surface area (Å²) in [7, 11) is -2.01. The molecule has 0 aliphatic carbocycles. The number of anilines is 1. The lowest BCUT2D eigenvalue weighted by Crippen LogP contribution is -2.08. The monoisotopic (exact) mass is 216 g/mol. The molecule has 0 heterocycles. The van der Waals surface area contributed by atoms with E-state index in [9.17, 15) is 8.42 Å². The van der Waals surface area contributed by atoms with Crippen molar-refractivity contribution < 1.29 is 17.4 Å². The summed E-state index contributed by atoms with van der Waals surface area (Å²) in [5, 5.41) is 0. The van der Waals surface area contributed by atoms with Crippen molar-refractivity contribution in [3.63, 3.8) is 0 Å². The maximum absolute atomic E-state index is 10.6. The highest BCUT2D eigenvalue weighted by Crippen LogP contribution is 2.16. The zero-order valence-corrected chi connectivity index (χ0v) is 8.59. The summed E-state index contributed by atoms with van der Waals surface area (Å²) < 4.78 is 30.5. The predicted molar refractivity (Wildman–Crippen MR) is 51.4 cm³/mol. The normalized spacial score (nSPS) is 11.0. The van der Waals surface area contributed by atoms with Crippen LogP contribution in [0.25, 0.3) is 0 Å². The van der Waals surface area contributed by atoms with E-state index in [1.165, 1.54) is 7.11 Å². The highest BCUT2D eigenvalue weighted by Gasteiger charge is 2.02. The van der Waals surface area contributed by atoms with Gasteiger partial charge in [-0.3, -0.25) is 0 Å². The van der Waals surface area contributed by atoms with Crippen molar-refractivity contribution in [2.24, 2.45) is 0 Å². The Morgan fingerprint density at radius 3 is 2.79 bits per heavy atom. The van der Waals surface area contributed by atoms with Crippen LogP contribution in [0.1, 0.15) is 0 Å². The molecule has 0 spiro atoms. The molecule has 0 saturated carbocycles. The lowest BCUT2D eigenvalue weighted by Gasteiger charge is -2.05. The van der Waals surface area contributed by atoms with Gasteiger partial charge in [0.1, 0.15) is 5.75 Å². The third-order valence-electron chi connectivity index (χ3n) is 1.31. The van der Waals surface area contributed by atoms with Gasteiger partial charge in [-0.05, 0) is 12.1 Å². The van der Waals surface area contributed by atoms with Crippen molar-refractivity contribution in [2.45, 2.75) is 0 Å². The van der Waals surface area contributed by atoms with E-state index in [1.54, 1.807) is 18.2 Å². The van der Waals surface area contributed by atoms with Crippen molar-refractivity contribution in [1.29, 1.82) is 0 Å². The molecule has 0 aliphatic rings. The van der Waals surface area contributed by atoms with Crippen LogP contribution < -0.4 is 10.2 Å². The lowest BCUT2D eigenvalue weighted by atomic mass is 10.3. The third kappa shape index (κ3) is 3.63. The molecule has 0 aliphatic heterocycles. The van der Waals surface area contributed by atoms with E-state index in [2.05, 4.69) is 15.8 Å². The molecule has 0 bridgehead atoms. The fraction of sp³-hybridized carbons (Fsp3) is 0.250. The van der Waals surface area contributed by atoms with Crippen molar-refractivity contribution in [3.8, 4) is 5.75 Å². The van der Waals surface area contributed by atoms with Crippen molar-refractivity contribution in [3.05, 3.63) is 24.3 Å². The molecule has 0 amide bonds. The van der Waals surface area contributed by atoms with Crippen LogP contribution in [0.15, 0.2) is 18.2 Å². The summed E-state index contributed by atoms with van der Waals surface area (Å²) in [6.07, 6.45) is 0.951. The first kappa shape index (κ1) is 10.8. The Morgan fingerprint density at radius 2 is 2.21 bits per heavy atom. The van der Waals surface area contributed by atoms with Crippen molar-refractivity contribution in [2.75, 3.05) is 18.8 Å². The molecule has 1 rings (SSSR count). The van der Waals surface area contributed by atoms with Crippen LogP contribution in [0.4, 0.5) is 5.69 Å². The molecule has 5 nitrogen and oxygen atoms in total. The molecule has 6 heteroatoms. The van der Waals surface area contributed by atoms with E-state index in [1.807, 2.05) is 0 Å². The summed E-state index contributed by atoms with van der Waals surface area (Å²) in [5.41, 5.74) is 2.75. The van der Waals surface area contributed by atoms with Gasteiger partial charge in [0.05, 0.1) is 19.1 Å². The third-order valence-corrected chi connectivity index (χ3v) is 1.69. The van der Waals surface area contributed by atoms with Crippen LogP contribution in [0.5, 0.6) is 5.75 Å². The molecule has 0 aromatic heterocycles. The number of hydrogen-bond donors (Lipinski definition) is 1. The maximum Gasteiger partial charge on any atom is 0.284 e. The van der Waals surface area contributed by atoms with Crippen molar-refractivity contribution >= 4 is 15.8 Å². The number of methoxy groups -OCH3 is 1. The summed E-state index contributed by atoms with van der Waals surface area (Å²) in [6.45, 7) is 0. The summed E-state index contributed by atoms with van der Waals surface area (Å²) in [5.74, 6) is 0.493. The summed E-state index contributed by atoms with van der Waals surface area (Å²) in [6, 6.07) is 7.54. The Balaban J connectivity index is 2.68. The molecular formula is C8H10NO4S. The van der Waals surface area contributed by atoms with Gasteiger partial charge in [-0.15, -0.1) is 0 Å². The first-order valence-electron chi connectivity index (χ1n) is 3.71. The second-order valence-electron chi connectivity index (χ2n) is 2.54. The van der Waals surface area contributed by atoms with Gasteiger partial charge in [-0.25, -0.2) is 5.48 Å². The molecule has 0 fully saturated rings. The average molecular weight is 216 g/mol. The summed E-state index contributed by atoms with van der Waals surface area (Å²) in [4.78, 5) is 0. The highest BCUT2D eigenvalue weighted by molar-refractivity contribution is 7.86. The standard InChI is InChI=1S/C8H10NO4S/c1-12-8-5-3-4-7(6-8)9-13-14(2,10)11/h3-4,6,9H,1-2H3. The molecule has 14 heavy (non-hydrogen) atoms. The average Bonchev–Trinajstić information content (AvgIpc) is 2.14. The largest absolute Gasteiger partial charge is 0.496 e. The Morgan fingerprint density at radius 1 is 1.50 bits per heavy atom. The van der Waals surface area contributed by atoms with Crippen LogP contribution >= 0.6 is 0 Å². The molecule has 1 N–H and O–H groups in total. The van der Waals surface area contributed by atoms with Gasteiger partial charge in [-0.2, -0.15) is 12.7 Å². The summed E-state index contributed by atoms with van der Waals surface area (Å²) >= 11 is 0. The van der Waals surface area contributed by atoms with E-state index in [0.717, 1.165) is 6.26 Å². The van der Waals surface area contributed by atoms with Crippen LogP contribution in [-0.2, 0) is 14.4 Å². The van der Waals surface area contributed by atoms with E-state index in [4.69, 9.17) is 4.74 Å². The van der Waals surface area contributed by atoms with Crippen LogP contribution in [0, 0.1) is 6.07 Å². The SMILES string of the molecule is COc1[c]ccc(NOS(C)(=O)=O)c1. The van der Waals surface area contributed by atoms with Gasteiger partial charge < -0.3 is 4.74 Å². The van der Waals surface area contributed by atoms with Gasteiger partial charge in [0.25, 0.3) is 10.1 Å². The topological polar surface area (TPSA) is 64.6 Å². The molecule has 1 aromatic carbocycles. The predicted octanol–water partition coefficient (Wildman–Crippen LogP) is 0.798. The van der Waals surface area contributed by atoms with Gasteiger partial charge in [0.15, 0.2) is 0 Å². The van der Waals surface area contributed by atoms with Gasteiger partial charge in [0.2, 0.25) is 0 Å². The maximum atomic E-state index is 10.6. The molecule has 1 radical (unpaired) electrons. The van der Waals surface area contributed by atoms with Gasteiger partial charge in [-0.1, -0.05) is 0 Å². The Bertz CT molecular complexity index is 402. The zero-order valence-electron chi connectivity index (χ0n) is 7.77. The minimum Gasteiger partial charge on any atom is -0.496 e. The quantitative estimate of drug-likeness (QED) is 0.754. The Hall–Kier alpha value is -1.27. The second kappa shape index (κ2) is 4.30. The zero-order chi connectivity index (χ0) is 10.6. The first-order valence-corrected chi connectivity index (χ1v) is 5.53. The molecule has 0 unspecified atom stereocenters. The number of hydrogen-bond acceptors (Lipinski definition) is 5. The smallest absolute Gasteiger partial charge is 0.284 e. The number of nitrogens with one attached hydrogen (secondary N) is 1. The van der Waals surface area contributed by atoms with Gasteiger partial charge >= 0.3 is 0 Å². The lowest BCUT2D eigenvalue weighted by molar-refractivity contribution is 0.393. The first-order chi connectivity index (χ1) is 6.51.